The maximum Gasteiger partial charge on any atom is 0.253 e. The molecule has 0 heterocycles. The Bertz CT molecular complexity index is 416. The Morgan fingerprint density at radius 1 is 1.38 bits per heavy atom. The normalized spacial score (nSPS) is 23.7. The summed E-state index contributed by atoms with van der Waals surface area (Å²) in [5.74, 6) is -0.246. The third kappa shape index (κ3) is 2.32. The van der Waals surface area contributed by atoms with E-state index in [1.165, 1.54) is 0 Å². The average molecular weight is 260 g/mol. The van der Waals surface area contributed by atoms with Gasteiger partial charge in [-0.25, -0.2) is 0 Å². The van der Waals surface area contributed by atoms with E-state index in [1.807, 2.05) is 0 Å². The summed E-state index contributed by atoms with van der Waals surface area (Å²) >= 11 is 11.7. The summed E-state index contributed by atoms with van der Waals surface area (Å²) in [6, 6.07) is 4.98. The van der Waals surface area contributed by atoms with E-state index in [4.69, 9.17) is 28.3 Å². The number of amides is 1. The predicted octanol–water partition coefficient (Wildman–Crippen LogP) is 2.25. The minimum Gasteiger partial charge on any atom is -0.393 e. The third-order valence-electron chi connectivity index (χ3n) is 2.64. The number of hydrogen-bond acceptors (Lipinski definition) is 2. The second-order valence-electron chi connectivity index (χ2n) is 3.90. The van der Waals surface area contributed by atoms with Crippen molar-refractivity contribution in [2.45, 2.75) is 25.0 Å². The summed E-state index contributed by atoms with van der Waals surface area (Å²) in [5, 5.41) is 12.5. The van der Waals surface area contributed by atoms with Crippen molar-refractivity contribution in [1.82, 2.24) is 5.32 Å². The van der Waals surface area contributed by atoms with E-state index in [0.717, 1.165) is 0 Å². The van der Waals surface area contributed by atoms with Crippen molar-refractivity contribution < 1.29 is 9.90 Å². The van der Waals surface area contributed by atoms with Crippen LogP contribution >= 0.6 is 23.2 Å². The number of carbonyl (C=O) groups is 1. The molecule has 1 aromatic rings. The lowest BCUT2D eigenvalue weighted by Gasteiger charge is -2.32. The van der Waals surface area contributed by atoms with Crippen LogP contribution in [0.1, 0.15) is 23.2 Å². The number of halogens is 2. The lowest BCUT2D eigenvalue weighted by molar-refractivity contribution is 0.0563. The monoisotopic (exact) mass is 259 g/mol. The van der Waals surface area contributed by atoms with Gasteiger partial charge in [-0.05, 0) is 25.0 Å². The molecule has 0 saturated heterocycles. The molecule has 0 aliphatic heterocycles. The zero-order valence-electron chi connectivity index (χ0n) is 8.41. The topological polar surface area (TPSA) is 49.3 Å². The molecule has 0 atom stereocenters. The summed E-state index contributed by atoms with van der Waals surface area (Å²) in [4.78, 5) is 11.8. The molecule has 1 aliphatic rings. The van der Waals surface area contributed by atoms with Gasteiger partial charge in [0.25, 0.3) is 5.91 Å². The van der Waals surface area contributed by atoms with E-state index in [1.54, 1.807) is 18.2 Å². The molecule has 1 aliphatic carbocycles. The van der Waals surface area contributed by atoms with Gasteiger partial charge in [-0.1, -0.05) is 29.3 Å². The van der Waals surface area contributed by atoms with Crippen LogP contribution in [-0.4, -0.2) is 23.2 Å². The highest BCUT2D eigenvalue weighted by atomic mass is 35.5. The Morgan fingerprint density at radius 2 is 2.06 bits per heavy atom. The molecule has 0 unspecified atom stereocenters. The first-order valence-electron chi connectivity index (χ1n) is 5.01. The average Bonchev–Trinajstić information content (AvgIpc) is 2.19. The molecule has 0 aromatic heterocycles. The fraction of sp³-hybridized carbons (Fsp3) is 0.364. The van der Waals surface area contributed by atoms with Crippen molar-refractivity contribution in [3.05, 3.63) is 33.8 Å². The van der Waals surface area contributed by atoms with Crippen LogP contribution in [0.15, 0.2) is 18.2 Å². The van der Waals surface area contributed by atoms with Crippen molar-refractivity contribution in [3.8, 4) is 0 Å². The number of aliphatic hydroxyl groups is 1. The van der Waals surface area contributed by atoms with E-state index in [9.17, 15) is 4.79 Å². The van der Waals surface area contributed by atoms with E-state index in [2.05, 4.69) is 5.32 Å². The smallest absolute Gasteiger partial charge is 0.253 e. The predicted molar refractivity (Wildman–Crippen MR) is 63.0 cm³/mol. The number of carbonyl (C=O) groups excluding carboxylic acids is 1. The van der Waals surface area contributed by atoms with Crippen LogP contribution in [0, 0.1) is 0 Å². The van der Waals surface area contributed by atoms with Gasteiger partial charge in [0.1, 0.15) is 0 Å². The van der Waals surface area contributed by atoms with Gasteiger partial charge >= 0.3 is 0 Å². The SMILES string of the molecule is O=C(NC1CC(O)C1)c1cccc(Cl)c1Cl. The molecule has 5 heteroatoms. The van der Waals surface area contributed by atoms with Crippen LogP contribution in [0.25, 0.3) is 0 Å². The van der Waals surface area contributed by atoms with Crippen LogP contribution in [-0.2, 0) is 0 Å². The van der Waals surface area contributed by atoms with Crippen molar-refractivity contribution in [2.24, 2.45) is 0 Å². The highest BCUT2D eigenvalue weighted by Gasteiger charge is 2.29. The molecular formula is C11H11Cl2NO2. The summed E-state index contributed by atoms with van der Waals surface area (Å²) in [7, 11) is 0. The quantitative estimate of drug-likeness (QED) is 0.856. The van der Waals surface area contributed by atoms with Crippen molar-refractivity contribution >= 4 is 29.1 Å². The van der Waals surface area contributed by atoms with E-state index in [0.29, 0.717) is 23.4 Å². The van der Waals surface area contributed by atoms with Gasteiger partial charge in [0.2, 0.25) is 0 Å². The summed E-state index contributed by atoms with van der Waals surface area (Å²) in [5.41, 5.74) is 0.371. The number of aliphatic hydroxyl groups excluding tert-OH is 1. The van der Waals surface area contributed by atoms with Gasteiger partial charge in [-0.15, -0.1) is 0 Å². The van der Waals surface area contributed by atoms with Crippen LogP contribution in [0.5, 0.6) is 0 Å². The standard InChI is InChI=1S/C11H11Cl2NO2/c12-9-3-1-2-8(10(9)13)11(16)14-6-4-7(15)5-6/h1-3,6-7,15H,4-5H2,(H,14,16). The number of nitrogens with one attached hydrogen (secondary N) is 1. The van der Waals surface area contributed by atoms with Gasteiger partial charge < -0.3 is 10.4 Å². The molecule has 1 saturated carbocycles. The van der Waals surface area contributed by atoms with Crippen molar-refractivity contribution in [1.29, 1.82) is 0 Å². The molecule has 1 fully saturated rings. The number of hydrogen-bond donors (Lipinski definition) is 2. The van der Waals surface area contributed by atoms with Gasteiger partial charge in [0.15, 0.2) is 0 Å². The summed E-state index contributed by atoms with van der Waals surface area (Å²) in [6.45, 7) is 0. The Hall–Kier alpha value is -0.770. The second kappa shape index (κ2) is 4.62. The van der Waals surface area contributed by atoms with E-state index in [-0.39, 0.29) is 23.1 Å². The lowest BCUT2D eigenvalue weighted by atomic mass is 9.89. The molecule has 1 amide bonds. The molecular weight excluding hydrogens is 249 g/mol. The fourth-order valence-corrected chi connectivity index (χ4v) is 2.03. The largest absolute Gasteiger partial charge is 0.393 e. The molecule has 1 aromatic carbocycles. The first-order chi connectivity index (χ1) is 7.58. The van der Waals surface area contributed by atoms with Crippen LogP contribution in [0.3, 0.4) is 0 Å². The maximum atomic E-state index is 11.8. The second-order valence-corrected chi connectivity index (χ2v) is 4.68. The molecule has 0 bridgehead atoms. The lowest BCUT2D eigenvalue weighted by Crippen LogP contribution is -2.46. The van der Waals surface area contributed by atoms with Crippen LogP contribution < -0.4 is 5.32 Å². The highest BCUT2D eigenvalue weighted by Crippen LogP contribution is 2.26. The van der Waals surface area contributed by atoms with Crippen molar-refractivity contribution in [2.75, 3.05) is 0 Å². The molecule has 3 nitrogen and oxygen atoms in total. The first-order valence-corrected chi connectivity index (χ1v) is 5.76. The summed E-state index contributed by atoms with van der Waals surface area (Å²) in [6.07, 6.45) is 0.911. The van der Waals surface area contributed by atoms with Crippen LogP contribution in [0.4, 0.5) is 0 Å². The van der Waals surface area contributed by atoms with Gasteiger partial charge in [0.05, 0.1) is 21.7 Å². The molecule has 0 spiro atoms. The van der Waals surface area contributed by atoms with Gasteiger partial charge in [-0.3, -0.25) is 4.79 Å². The summed E-state index contributed by atoms with van der Waals surface area (Å²) < 4.78 is 0. The zero-order chi connectivity index (χ0) is 11.7. The molecule has 2 rings (SSSR count). The van der Waals surface area contributed by atoms with Gasteiger partial charge in [-0.2, -0.15) is 0 Å². The minimum atomic E-state index is -0.292. The first kappa shape index (κ1) is 11.7. The van der Waals surface area contributed by atoms with Crippen LogP contribution in [0.2, 0.25) is 10.0 Å². The minimum absolute atomic E-state index is 0.0394. The fourth-order valence-electron chi connectivity index (χ4n) is 1.65. The Labute approximate surface area is 103 Å². The zero-order valence-corrected chi connectivity index (χ0v) is 9.92. The van der Waals surface area contributed by atoms with E-state index >= 15 is 0 Å². The maximum absolute atomic E-state index is 11.8. The van der Waals surface area contributed by atoms with Crippen molar-refractivity contribution in [3.63, 3.8) is 0 Å². The Kier molecular flexibility index (Phi) is 3.38. The number of rotatable bonds is 2. The molecule has 0 radical (unpaired) electrons. The highest BCUT2D eigenvalue weighted by molar-refractivity contribution is 6.43. The third-order valence-corrected chi connectivity index (χ3v) is 3.46. The molecule has 2 N–H and O–H groups in total. The van der Waals surface area contributed by atoms with E-state index < -0.39 is 0 Å². The Balaban J connectivity index is 2.06. The molecule has 86 valence electrons. The van der Waals surface area contributed by atoms with Gasteiger partial charge in [0, 0.05) is 6.04 Å². The Morgan fingerprint density at radius 3 is 2.69 bits per heavy atom. The molecule has 16 heavy (non-hydrogen) atoms. The number of benzene rings is 1.